The molecule has 1 aliphatic carbocycles. The van der Waals surface area contributed by atoms with Crippen LogP contribution in [0.1, 0.15) is 93.1 Å². The largest absolute Gasteiger partial charge is 0.322 e. The van der Waals surface area contributed by atoms with E-state index in [2.05, 4.69) is 56.2 Å². The molecule has 2 N–H and O–H groups in total. The standard InChI is InChI=1S/C30H43N3O2S/c1-6-20-12-8-9-14-24(20)31-28(35)27-23-16-15-21(30(3,4)5)18-25(23)36-29(27)32-26(34)19-33-17-11-10-13-22(33)7-2/h8-9,12,14,21-22H,6-7,10-11,13,15-19H2,1-5H3,(H,31,35)(H,32,34)/t21-,22+/m0/s1. The number of carbonyl (C=O) groups excluding carboxylic acids is 2. The maximum absolute atomic E-state index is 13.7. The van der Waals surface area contributed by atoms with E-state index in [9.17, 15) is 9.59 Å². The summed E-state index contributed by atoms with van der Waals surface area (Å²) in [5, 5.41) is 7.08. The molecule has 1 saturated heterocycles. The van der Waals surface area contributed by atoms with Crippen molar-refractivity contribution in [3.05, 3.63) is 45.8 Å². The molecule has 1 aliphatic heterocycles. The first-order valence-corrected chi connectivity index (χ1v) is 14.6. The van der Waals surface area contributed by atoms with E-state index in [1.807, 2.05) is 18.2 Å². The lowest BCUT2D eigenvalue weighted by Gasteiger charge is -2.34. The van der Waals surface area contributed by atoms with Crippen LogP contribution in [0.5, 0.6) is 0 Å². The maximum Gasteiger partial charge on any atom is 0.258 e. The number of para-hydroxylation sites is 1. The Morgan fingerprint density at radius 3 is 2.58 bits per heavy atom. The van der Waals surface area contributed by atoms with Gasteiger partial charge in [0.2, 0.25) is 5.91 Å². The van der Waals surface area contributed by atoms with Crippen LogP contribution in [-0.4, -0.2) is 35.8 Å². The van der Waals surface area contributed by atoms with Crippen molar-refractivity contribution in [3.8, 4) is 0 Å². The Kier molecular flexibility index (Phi) is 8.56. The summed E-state index contributed by atoms with van der Waals surface area (Å²) in [6.45, 7) is 12.6. The predicted molar refractivity (Wildman–Crippen MR) is 151 cm³/mol. The summed E-state index contributed by atoms with van der Waals surface area (Å²) in [7, 11) is 0. The fourth-order valence-electron chi connectivity index (χ4n) is 5.87. The summed E-state index contributed by atoms with van der Waals surface area (Å²) in [5.74, 6) is 0.453. The molecule has 1 aromatic heterocycles. The van der Waals surface area contributed by atoms with Crippen molar-refractivity contribution >= 4 is 33.8 Å². The number of fused-ring (bicyclic) bond motifs is 1. The van der Waals surface area contributed by atoms with E-state index in [0.717, 1.165) is 73.3 Å². The Labute approximate surface area is 221 Å². The number of aryl methyl sites for hydroxylation is 1. The van der Waals surface area contributed by atoms with Crippen molar-refractivity contribution < 1.29 is 9.59 Å². The fourth-order valence-corrected chi connectivity index (χ4v) is 7.21. The van der Waals surface area contributed by atoms with Gasteiger partial charge in [0.1, 0.15) is 5.00 Å². The summed E-state index contributed by atoms with van der Waals surface area (Å²) in [6, 6.07) is 8.45. The first-order chi connectivity index (χ1) is 17.2. The highest BCUT2D eigenvalue weighted by Gasteiger charge is 2.34. The number of thiophene rings is 1. The van der Waals surface area contributed by atoms with Gasteiger partial charge in [0.05, 0.1) is 12.1 Å². The number of nitrogens with one attached hydrogen (secondary N) is 2. The van der Waals surface area contributed by atoms with Gasteiger partial charge in [0.15, 0.2) is 0 Å². The Bertz CT molecular complexity index is 1080. The molecule has 5 nitrogen and oxygen atoms in total. The van der Waals surface area contributed by atoms with Gasteiger partial charge in [-0.2, -0.15) is 0 Å². The molecule has 4 rings (SSSR count). The van der Waals surface area contributed by atoms with Gasteiger partial charge in [0, 0.05) is 16.6 Å². The van der Waals surface area contributed by atoms with Crippen LogP contribution in [0.3, 0.4) is 0 Å². The lowest BCUT2D eigenvalue weighted by Crippen LogP contribution is -2.43. The van der Waals surface area contributed by atoms with Crippen LogP contribution in [0.2, 0.25) is 0 Å². The molecule has 36 heavy (non-hydrogen) atoms. The average molecular weight is 510 g/mol. The van der Waals surface area contributed by atoms with Crippen molar-refractivity contribution in [2.24, 2.45) is 11.3 Å². The van der Waals surface area contributed by atoms with Crippen LogP contribution < -0.4 is 10.6 Å². The zero-order valence-corrected chi connectivity index (χ0v) is 23.5. The monoisotopic (exact) mass is 509 g/mol. The quantitative estimate of drug-likeness (QED) is 0.426. The Hall–Kier alpha value is -2.18. The first-order valence-electron chi connectivity index (χ1n) is 13.8. The topological polar surface area (TPSA) is 61.4 Å². The number of hydrogen-bond donors (Lipinski definition) is 2. The molecule has 2 heterocycles. The van der Waals surface area contributed by atoms with Crippen LogP contribution in [0, 0.1) is 11.3 Å². The van der Waals surface area contributed by atoms with Gasteiger partial charge >= 0.3 is 0 Å². The summed E-state index contributed by atoms with van der Waals surface area (Å²) in [4.78, 5) is 30.5. The number of piperidine rings is 1. The van der Waals surface area contributed by atoms with E-state index in [4.69, 9.17) is 0 Å². The van der Waals surface area contributed by atoms with Crippen LogP contribution in [0.15, 0.2) is 24.3 Å². The van der Waals surface area contributed by atoms with Crippen molar-refractivity contribution in [1.29, 1.82) is 0 Å². The van der Waals surface area contributed by atoms with Gasteiger partial charge < -0.3 is 10.6 Å². The number of nitrogens with zero attached hydrogens (tertiary/aromatic N) is 1. The third kappa shape index (κ3) is 6.03. The summed E-state index contributed by atoms with van der Waals surface area (Å²) in [6.07, 6.45) is 8.39. The van der Waals surface area contributed by atoms with E-state index < -0.39 is 0 Å². The van der Waals surface area contributed by atoms with Gasteiger partial charge in [-0.15, -0.1) is 11.3 Å². The van der Waals surface area contributed by atoms with Crippen molar-refractivity contribution in [3.63, 3.8) is 0 Å². The molecule has 2 aliphatic rings. The van der Waals surface area contributed by atoms with Crippen LogP contribution in [0.4, 0.5) is 10.7 Å². The Morgan fingerprint density at radius 1 is 1.08 bits per heavy atom. The number of likely N-dealkylation sites (tertiary alicyclic amines) is 1. The molecule has 2 aromatic rings. The number of rotatable bonds is 7. The number of hydrogen-bond acceptors (Lipinski definition) is 4. The van der Waals surface area contributed by atoms with Gasteiger partial charge in [0.25, 0.3) is 5.91 Å². The first kappa shape index (κ1) is 26.9. The molecule has 0 unspecified atom stereocenters. The normalized spacial score (nSPS) is 20.6. The molecule has 0 spiro atoms. The van der Waals surface area contributed by atoms with E-state index in [1.54, 1.807) is 11.3 Å². The molecule has 6 heteroatoms. The molecular weight excluding hydrogens is 466 g/mol. The predicted octanol–water partition coefficient (Wildman–Crippen LogP) is 6.92. The Morgan fingerprint density at radius 2 is 1.86 bits per heavy atom. The second-order valence-corrected chi connectivity index (χ2v) is 12.7. The van der Waals surface area contributed by atoms with Crippen molar-refractivity contribution in [2.75, 3.05) is 23.7 Å². The van der Waals surface area contributed by atoms with Gasteiger partial charge in [-0.1, -0.05) is 59.2 Å². The second kappa shape index (κ2) is 11.5. The van der Waals surface area contributed by atoms with Crippen molar-refractivity contribution in [1.82, 2.24) is 4.90 Å². The smallest absolute Gasteiger partial charge is 0.258 e. The minimum atomic E-state index is -0.109. The molecule has 1 aromatic carbocycles. The van der Waals surface area contributed by atoms with Crippen LogP contribution >= 0.6 is 11.3 Å². The molecule has 2 atom stereocenters. The zero-order chi connectivity index (χ0) is 25.9. The highest BCUT2D eigenvalue weighted by molar-refractivity contribution is 7.17. The second-order valence-electron chi connectivity index (χ2n) is 11.6. The fraction of sp³-hybridized carbons (Fsp3) is 0.600. The molecule has 0 radical (unpaired) electrons. The van der Waals surface area contributed by atoms with Gasteiger partial charge in [-0.25, -0.2) is 0 Å². The molecular formula is C30H43N3O2S. The summed E-state index contributed by atoms with van der Waals surface area (Å²) >= 11 is 1.62. The van der Waals surface area contributed by atoms with Crippen LogP contribution in [-0.2, 0) is 24.1 Å². The number of amides is 2. The van der Waals surface area contributed by atoms with E-state index in [1.165, 1.54) is 11.3 Å². The van der Waals surface area contributed by atoms with Gasteiger partial charge in [-0.3, -0.25) is 14.5 Å². The van der Waals surface area contributed by atoms with Crippen LogP contribution in [0.25, 0.3) is 0 Å². The summed E-state index contributed by atoms with van der Waals surface area (Å²) in [5.41, 5.74) is 3.99. The Balaban J connectivity index is 1.61. The molecule has 1 fully saturated rings. The number of anilines is 2. The number of benzene rings is 1. The minimum Gasteiger partial charge on any atom is -0.322 e. The third-order valence-corrected chi connectivity index (χ3v) is 9.35. The highest BCUT2D eigenvalue weighted by Crippen LogP contribution is 2.44. The third-order valence-electron chi connectivity index (χ3n) is 8.18. The zero-order valence-electron chi connectivity index (χ0n) is 22.7. The van der Waals surface area contributed by atoms with E-state index >= 15 is 0 Å². The minimum absolute atomic E-state index is 0.00988. The molecule has 0 saturated carbocycles. The summed E-state index contributed by atoms with van der Waals surface area (Å²) < 4.78 is 0. The molecule has 196 valence electrons. The molecule has 0 bridgehead atoms. The lowest BCUT2D eigenvalue weighted by molar-refractivity contribution is -0.118. The average Bonchev–Trinajstić information content (AvgIpc) is 3.21. The van der Waals surface area contributed by atoms with Gasteiger partial charge in [-0.05, 0) is 80.0 Å². The van der Waals surface area contributed by atoms with E-state index in [0.29, 0.717) is 24.1 Å². The SMILES string of the molecule is CCc1ccccc1NC(=O)c1c(NC(=O)CN2CCCC[C@H]2CC)sc2c1CC[C@H](C(C)(C)C)C2. The van der Waals surface area contributed by atoms with E-state index in [-0.39, 0.29) is 17.2 Å². The number of carbonyl (C=O) groups is 2. The highest BCUT2D eigenvalue weighted by atomic mass is 32.1. The maximum atomic E-state index is 13.7. The lowest BCUT2D eigenvalue weighted by atomic mass is 9.72. The van der Waals surface area contributed by atoms with Crippen molar-refractivity contribution in [2.45, 2.75) is 92.0 Å². The molecule has 2 amide bonds.